The number of thioether (sulfide) groups is 1. The third kappa shape index (κ3) is 3.92. The number of rotatable bonds is 8. The van der Waals surface area contributed by atoms with Gasteiger partial charge in [-0.2, -0.15) is 11.8 Å². The molecule has 0 heterocycles. The summed E-state index contributed by atoms with van der Waals surface area (Å²) in [5.41, 5.74) is 0.717. The molecule has 0 saturated heterocycles. The van der Waals surface area contributed by atoms with E-state index in [0.717, 1.165) is 25.1 Å². The lowest BCUT2D eigenvalue weighted by atomic mass is 10.0. The number of anilines is 1. The zero-order valence-corrected chi connectivity index (χ0v) is 14.4. The number of benzene rings is 1. The van der Waals surface area contributed by atoms with Gasteiger partial charge in [0.25, 0.3) is 0 Å². The number of nitrogens with one attached hydrogen (secondary N) is 1. The van der Waals surface area contributed by atoms with Crippen LogP contribution in [0.4, 0.5) is 5.69 Å². The van der Waals surface area contributed by atoms with Crippen LogP contribution in [0, 0.1) is 0 Å². The average Bonchev–Trinajstić information content (AvgIpc) is 2.49. The molecule has 0 aliphatic carbocycles. The lowest BCUT2D eigenvalue weighted by Gasteiger charge is -2.30. The standard InChI is InChI=1S/C15H25NO2S2/c1-5-15(6-2,19-4)12-16-13-10-8-9-11-14(13)20(17,18)7-3/h8-11,16H,5-7,12H2,1-4H3. The summed E-state index contributed by atoms with van der Waals surface area (Å²) in [6.07, 6.45) is 4.23. The molecule has 0 aliphatic heterocycles. The lowest BCUT2D eigenvalue weighted by molar-refractivity contribution is 0.573. The quantitative estimate of drug-likeness (QED) is 0.792. The molecule has 114 valence electrons. The number of hydrogen-bond donors (Lipinski definition) is 1. The van der Waals surface area contributed by atoms with Crippen molar-refractivity contribution in [2.24, 2.45) is 0 Å². The third-order valence-electron chi connectivity index (χ3n) is 3.92. The molecule has 0 fully saturated rings. The highest BCUT2D eigenvalue weighted by atomic mass is 32.2. The van der Waals surface area contributed by atoms with Gasteiger partial charge in [0, 0.05) is 11.3 Å². The van der Waals surface area contributed by atoms with Crippen molar-refractivity contribution in [1.82, 2.24) is 0 Å². The Kier molecular flexibility index (Phi) is 6.40. The van der Waals surface area contributed by atoms with Crippen molar-refractivity contribution in [2.45, 2.75) is 43.3 Å². The van der Waals surface area contributed by atoms with Crippen molar-refractivity contribution >= 4 is 27.3 Å². The summed E-state index contributed by atoms with van der Waals surface area (Å²) in [5, 5.41) is 3.35. The molecule has 0 radical (unpaired) electrons. The molecule has 3 nitrogen and oxygen atoms in total. The zero-order valence-electron chi connectivity index (χ0n) is 12.8. The second-order valence-electron chi connectivity index (χ2n) is 4.85. The second-order valence-corrected chi connectivity index (χ2v) is 8.37. The third-order valence-corrected chi connectivity index (χ3v) is 7.30. The molecule has 0 aliphatic rings. The Morgan fingerprint density at radius 2 is 1.75 bits per heavy atom. The molecule has 20 heavy (non-hydrogen) atoms. The van der Waals surface area contributed by atoms with Gasteiger partial charge < -0.3 is 5.32 Å². The smallest absolute Gasteiger partial charge is 0.180 e. The van der Waals surface area contributed by atoms with E-state index in [-0.39, 0.29) is 10.5 Å². The molecule has 0 amide bonds. The van der Waals surface area contributed by atoms with Crippen LogP contribution in [0.5, 0.6) is 0 Å². The van der Waals surface area contributed by atoms with Crippen molar-refractivity contribution < 1.29 is 8.42 Å². The summed E-state index contributed by atoms with van der Waals surface area (Å²) in [7, 11) is -3.19. The van der Waals surface area contributed by atoms with Crippen LogP contribution < -0.4 is 5.32 Å². The summed E-state index contributed by atoms with van der Waals surface area (Å²) >= 11 is 1.84. The largest absolute Gasteiger partial charge is 0.383 e. The van der Waals surface area contributed by atoms with E-state index >= 15 is 0 Å². The first-order valence-electron chi connectivity index (χ1n) is 7.05. The van der Waals surface area contributed by atoms with E-state index in [4.69, 9.17) is 0 Å². The van der Waals surface area contributed by atoms with Crippen LogP contribution >= 0.6 is 11.8 Å². The fraction of sp³-hybridized carbons (Fsp3) is 0.600. The van der Waals surface area contributed by atoms with Gasteiger partial charge in [0.15, 0.2) is 9.84 Å². The lowest BCUT2D eigenvalue weighted by Crippen LogP contribution is -2.32. The highest BCUT2D eigenvalue weighted by molar-refractivity contribution is 8.00. The van der Waals surface area contributed by atoms with Gasteiger partial charge in [-0.25, -0.2) is 8.42 Å². The zero-order chi connectivity index (χ0) is 15.2. The Labute approximate surface area is 127 Å². The van der Waals surface area contributed by atoms with Gasteiger partial charge in [-0.3, -0.25) is 0 Å². The molecule has 0 spiro atoms. The van der Waals surface area contributed by atoms with Gasteiger partial charge in [0.1, 0.15) is 0 Å². The van der Waals surface area contributed by atoms with Gasteiger partial charge in [-0.05, 0) is 31.2 Å². The average molecular weight is 316 g/mol. The monoisotopic (exact) mass is 315 g/mol. The van der Waals surface area contributed by atoms with Gasteiger partial charge in [0.2, 0.25) is 0 Å². The SMILES string of the molecule is CCC(CC)(CNc1ccccc1S(=O)(=O)CC)SC. The molecule has 0 unspecified atom stereocenters. The van der Waals surface area contributed by atoms with E-state index in [1.807, 2.05) is 23.9 Å². The molecule has 1 aromatic carbocycles. The van der Waals surface area contributed by atoms with Crippen LogP contribution in [-0.4, -0.2) is 31.7 Å². The topological polar surface area (TPSA) is 46.2 Å². The molecule has 1 aromatic rings. The summed E-state index contributed by atoms with van der Waals surface area (Å²) in [6, 6.07) is 7.17. The highest BCUT2D eigenvalue weighted by Crippen LogP contribution is 2.31. The molecular formula is C15H25NO2S2. The van der Waals surface area contributed by atoms with Crippen LogP contribution in [-0.2, 0) is 9.84 Å². The van der Waals surface area contributed by atoms with Crippen molar-refractivity contribution in [3.8, 4) is 0 Å². The van der Waals surface area contributed by atoms with Crippen LogP contribution in [0.3, 0.4) is 0 Å². The molecular weight excluding hydrogens is 290 g/mol. The Hall–Kier alpha value is -0.680. The summed E-state index contributed by atoms with van der Waals surface area (Å²) in [4.78, 5) is 0.407. The van der Waals surface area contributed by atoms with Gasteiger partial charge in [-0.15, -0.1) is 0 Å². The maximum Gasteiger partial charge on any atom is 0.180 e. The van der Waals surface area contributed by atoms with Gasteiger partial charge in [-0.1, -0.05) is 32.9 Å². The first-order valence-corrected chi connectivity index (χ1v) is 9.93. The molecule has 0 saturated carbocycles. The predicted molar refractivity (Wildman–Crippen MR) is 89.5 cm³/mol. The van der Waals surface area contributed by atoms with E-state index < -0.39 is 9.84 Å². The summed E-state index contributed by atoms with van der Waals surface area (Å²) < 4.78 is 24.4. The van der Waals surface area contributed by atoms with Crippen molar-refractivity contribution in [3.63, 3.8) is 0 Å². The van der Waals surface area contributed by atoms with Gasteiger partial charge >= 0.3 is 0 Å². The van der Waals surface area contributed by atoms with Crippen molar-refractivity contribution in [2.75, 3.05) is 23.9 Å². The maximum absolute atomic E-state index is 12.1. The summed E-state index contributed by atoms with van der Waals surface area (Å²) in [5.74, 6) is 0.126. The van der Waals surface area contributed by atoms with E-state index in [1.165, 1.54) is 0 Å². The summed E-state index contributed by atoms with van der Waals surface area (Å²) in [6.45, 7) is 6.81. The van der Waals surface area contributed by atoms with E-state index in [1.54, 1.807) is 19.1 Å². The number of sulfone groups is 1. The van der Waals surface area contributed by atoms with E-state index in [9.17, 15) is 8.42 Å². The molecule has 1 N–H and O–H groups in total. The normalized spacial score (nSPS) is 12.4. The predicted octanol–water partition coefficient (Wildman–Crippen LogP) is 3.81. The first kappa shape index (κ1) is 17.4. The molecule has 0 bridgehead atoms. The van der Waals surface area contributed by atoms with E-state index in [2.05, 4.69) is 25.4 Å². The van der Waals surface area contributed by atoms with Crippen molar-refractivity contribution in [1.29, 1.82) is 0 Å². The minimum Gasteiger partial charge on any atom is -0.383 e. The molecule has 0 aromatic heterocycles. The first-order chi connectivity index (χ1) is 9.44. The van der Waals surface area contributed by atoms with E-state index in [0.29, 0.717) is 4.90 Å². The Morgan fingerprint density at radius 1 is 1.15 bits per heavy atom. The van der Waals surface area contributed by atoms with Crippen molar-refractivity contribution in [3.05, 3.63) is 24.3 Å². The molecule has 1 rings (SSSR count). The Morgan fingerprint density at radius 3 is 2.25 bits per heavy atom. The number of para-hydroxylation sites is 1. The Balaban J connectivity index is 3.00. The van der Waals surface area contributed by atoms with Crippen LogP contribution in [0.1, 0.15) is 33.6 Å². The van der Waals surface area contributed by atoms with Crippen LogP contribution in [0.15, 0.2) is 29.2 Å². The second kappa shape index (κ2) is 7.36. The fourth-order valence-electron chi connectivity index (χ4n) is 2.16. The minimum atomic E-state index is -3.19. The molecule has 0 atom stereocenters. The number of hydrogen-bond acceptors (Lipinski definition) is 4. The minimum absolute atomic E-state index is 0.126. The van der Waals surface area contributed by atoms with Gasteiger partial charge in [0.05, 0.1) is 16.3 Å². The maximum atomic E-state index is 12.1. The molecule has 5 heteroatoms. The van der Waals surface area contributed by atoms with Crippen LogP contribution in [0.2, 0.25) is 0 Å². The Bertz CT molecular complexity index is 514. The van der Waals surface area contributed by atoms with Crippen LogP contribution in [0.25, 0.3) is 0 Å². The highest BCUT2D eigenvalue weighted by Gasteiger charge is 2.25. The fourth-order valence-corrected chi connectivity index (χ4v) is 4.02.